The number of aromatic nitrogens is 9. The predicted octanol–water partition coefficient (Wildman–Crippen LogP) is 11.2. The molecule has 8 heterocycles. The molecule has 0 saturated heterocycles. The van der Waals surface area contributed by atoms with Gasteiger partial charge in [-0.15, -0.1) is 0 Å². The van der Waals surface area contributed by atoms with Gasteiger partial charge in [0.05, 0.1) is 0 Å². The third-order valence-corrected chi connectivity index (χ3v) is 8.25. The van der Waals surface area contributed by atoms with Crippen molar-refractivity contribution in [2.45, 2.75) is 90.0 Å². The highest BCUT2D eigenvalue weighted by Gasteiger charge is 1.90. The van der Waals surface area contributed by atoms with Crippen LogP contribution in [0.25, 0.3) is 0 Å². The molecule has 0 aromatic carbocycles. The fourth-order valence-electron chi connectivity index (χ4n) is 4.31. The summed E-state index contributed by atoms with van der Waals surface area (Å²) in [6.45, 7) is 26.3. The van der Waals surface area contributed by atoms with Gasteiger partial charge in [0.25, 0.3) is 0 Å². The van der Waals surface area contributed by atoms with E-state index in [1.165, 1.54) is 50.1 Å². The van der Waals surface area contributed by atoms with E-state index >= 15 is 0 Å². The normalized spacial score (nSPS) is 9.11. The third-order valence-electron chi connectivity index (χ3n) is 8.25. The lowest BCUT2D eigenvalue weighted by molar-refractivity contribution is -0.904. The van der Waals surface area contributed by atoms with Gasteiger partial charge in [0, 0.05) is 103 Å². The molecule has 324 valence electrons. The molecule has 1 N–H and O–H groups in total. The first-order chi connectivity index (χ1) is 29.5. The van der Waals surface area contributed by atoms with Crippen LogP contribution >= 0.6 is 0 Å². The number of hydrogen-bond donors (Lipinski definition) is 1. The molecule has 0 aliphatic carbocycles. The van der Waals surface area contributed by atoms with Gasteiger partial charge in [-0.05, 0) is 194 Å². The van der Waals surface area contributed by atoms with Gasteiger partial charge in [0.2, 0.25) is 12.4 Å². The Labute approximate surface area is 371 Å². The fraction of sp³-hybridized carbons (Fsp3) is 0.250. The van der Waals surface area contributed by atoms with E-state index in [1.807, 2.05) is 153 Å². The van der Waals surface area contributed by atoms with E-state index in [0.717, 1.165) is 27.5 Å². The van der Waals surface area contributed by atoms with Crippen LogP contribution in [0, 0.1) is 90.0 Å². The van der Waals surface area contributed by atoms with Crippen LogP contribution in [0.1, 0.15) is 72.8 Å². The molecule has 0 spiro atoms. The fourth-order valence-corrected chi connectivity index (χ4v) is 4.31. The summed E-state index contributed by atoms with van der Waals surface area (Å²) in [6, 6.07) is 23.6. The zero-order valence-electron chi connectivity index (χ0n) is 39.0. The van der Waals surface area contributed by atoms with Crippen molar-refractivity contribution in [3.8, 4) is 0 Å². The summed E-state index contributed by atoms with van der Waals surface area (Å²) in [7, 11) is 0. The van der Waals surface area contributed by atoms with Crippen molar-refractivity contribution in [2.24, 2.45) is 0 Å². The van der Waals surface area contributed by atoms with Gasteiger partial charge in [0.1, 0.15) is 5.82 Å². The van der Waals surface area contributed by atoms with Gasteiger partial charge in [0.15, 0.2) is 0 Å². The van der Waals surface area contributed by atoms with Gasteiger partial charge in [-0.25, -0.2) is 9.97 Å². The highest BCUT2D eigenvalue weighted by Crippen LogP contribution is 2.01. The first-order valence-electron chi connectivity index (χ1n) is 20.2. The molecule has 0 fully saturated rings. The highest BCUT2D eigenvalue weighted by atomic mass is 16.5. The summed E-state index contributed by atoms with van der Waals surface area (Å²) < 4.78 is 1.02. The Morgan fingerprint density at radius 1 is 0.339 bits per heavy atom. The maximum Gasteiger partial charge on any atom is 0.222 e. The van der Waals surface area contributed by atoms with Crippen LogP contribution in [0.5, 0.6) is 0 Å². The van der Waals surface area contributed by atoms with Crippen LogP contribution in [0.4, 0.5) is 0 Å². The first-order valence-corrected chi connectivity index (χ1v) is 20.2. The maximum atomic E-state index is 8.67. The highest BCUT2D eigenvalue weighted by molar-refractivity contribution is 5.20. The van der Waals surface area contributed by atoms with Gasteiger partial charge < -0.3 is 0 Å². The first kappa shape index (κ1) is 52.9. The van der Waals surface area contributed by atoms with E-state index in [4.69, 9.17) is 5.21 Å². The van der Waals surface area contributed by atoms with Crippen LogP contribution in [-0.2, 0) is 0 Å². The zero-order valence-corrected chi connectivity index (χ0v) is 39.0. The van der Waals surface area contributed by atoms with Gasteiger partial charge in [-0.3, -0.25) is 35.1 Å². The topological polar surface area (TPSA) is 127 Å². The molecule has 10 nitrogen and oxygen atoms in total. The quantitative estimate of drug-likeness (QED) is 0.117. The molecule has 0 aliphatic heterocycles. The van der Waals surface area contributed by atoms with Crippen molar-refractivity contribution in [1.82, 2.24) is 39.9 Å². The molecule has 0 radical (unpaired) electrons. The Hall–Kier alpha value is -7.07. The zero-order chi connectivity index (χ0) is 46.1. The van der Waals surface area contributed by atoms with Crippen molar-refractivity contribution in [3.05, 3.63) is 232 Å². The smallest absolute Gasteiger partial charge is 0.222 e. The molecule has 8 aromatic heterocycles. The molecule has 10 heteroatoms. The van der Waals surface area contributed by atoms with E-state index in [-0.39, 0.29) is 0 Å². The van der Waals surface area contributed by atoms with Crippen LogP contribution in [0.15, 0.2) is 160 Å². The number of nitrogens with zero attached hydrogens (tertiary/aromatic N) is 9. The maximum absolute atomic E-state index is 8.67. The van der Waals surface area contributed by atoms with Crippen molar-refractivity contribution >= 4 is 0 Å². The van der Waals surface area contributed by atoms with Crippen LogP contribution in [-0.4, -0.2) is 45.1 Å². The minimum atomic E-state index is 0.822. The Morgan fingerprint density at radius 3 is 1.13 bits per heavy atom. The Balaban J connectivity index is 0.000000354. The largest absolute Gasteiger partial charge is 0.285 e. The Kier molecular flexibility index (Phi) is 27.2. The number of pyridine rings is 7. The summed E-state index contributed by atoms with van der Waals surface area (Å²) in [5.41, 5.74) is 14.6. The van der Waals surface area contributed by atoms with E-state index in [9.17, 15) is 0 Å². The summed E-state index contributed by atoms with van der Waals surface area (Å²) in [5, 5.41) is 8.67. The second kappa shape index (κ2) is 31.8. The third kappa shape index (κ3) is 28.4. The van der Waals surface area contributed by atoms with Gasteiger partial charge in [-0.2, -0.15) is 0 Å². The molecule has 62 heavy (non-hydrogen) atoms. The summed E-state index contributed by atoms with van der Waals surface area (Å²) in [4.78, 5) is 31.6. The van der Waals surface area contributed by atoms with Crippen molar-refractivity contribution < 1.29 is 9.94 Å². The van der Waals surface area contributed by atoms with E-state index in [2.05, 4.69) is 92.7 Å². The van der Waals surface area contributed by atoms with Crippen molar-refractivity contribution in [2.75, 3.05) is 0 Å². The lowest BCUT2D eigenvalue weighted by atomic mass is 10.2. The van der Waals surface area contributed by atoms with Crippen molar-refractivity contribution in [3.63, 3.8) is 0 Å². The molecule has 0 amide bonds. The lowest BCUT2D eigenvalue weighted by Gasteiger charge is -1.92. The molecule has 0 bridgehead atoms. The molecule has 0 atom stereocenters. The van der Waals surface area contributed by atoms with Crippen molar-refractivity contribution in [1.29, 1.82) is 0 Å². The van der Waals surface area contributed by atoms with E-state index in [0.29, 0.717) is 0 Å². The van der Waals surface area contributed by atoms with Crippen LogP contribution < -0.4 is 4.73 Å². The summed E-state index contributed by atoms with van der Waals surface area (Å²) in [5.74, 6) is 0.822. The number of rotatable bonds is 0. The molecule has 0 unspecified atom stereocenters. The predicted molar refractivity (Wildman–Crippen MR) is 253 cm³/mol. The number of aryl methyl sites for hydroxylation is 13. The van der Waals surface area contributed by atoms with Gasteiger partial charge >= 0.3 is 0 Å². The minimum absolute atomic E-state index is 0.822. The second-order valence-corrected chi connectivity index (χ2v) is 14.5. The van der Waals surface area contributed by atoms with Crippen LogP contribution in [0.3, 0.4) is 0 Å². The molecule has 8 rings (SSSR count). The Morgan fingerprint density at radius 2 is 0.839 bits per heavy atom. The van der Waals surface area contributed by atoms with Gasteiger partial charge in [-0.1, -0.05) is 12.1 Å². The second-order valence-electron chi connectivity index (χ2n) is 14.5. The molecule has 8 aromatic rings. The molecule has 0 saturated carbocycles. The lowest BCUT2D eigenvalue weighted by Crippen LogP contribution is -2.27. The average molecular weight is 833 g/mol. The van der Waals surface area contributed by atoms with E-state index < -0.39 is 0 Å². The van der Waals surface area contributed by atoms with E-state index in [1.54, 1.807) is 43.2 Å². The number of hydrogen-bond acceptors (Lipinski definition) is 9. The monoisotopic (exact) mass is 833 g/mol. The summed E-state index contributed by atoms with van der Waals surface area (Å²) in [6.07, 6.45) is 25.0. The minimum Gasteiger partial charge on any atom is -0.285 e. The molecule has 0 aliphatic rings. The van der Waals surface area contributed by atoms with Crippen LogP contribution in [0.2, 0.25) is 0 Å². The average Bonchev–Trinajstić information content (AvgIpc) is 3.24. The Bertz CT molecular complexity index is 2050. The molecular formula is C52H66N9O+. The standard InChI is InChI=1S/5C7H9N.C6H8NO.C6H7N.C5H6N2/c1-6-3-7(2)5-8-4-6;2*1-6-3-4-8-5-7(6)2;1-6-3-4-8-7(2)5-6;1-6-3-4-7(2)8-5-6;1-6-2-4-7(8)5-3-6;1-6-2-4-7-5-3-6;1-5-6-3-2-4-7-5/h5*3-5H,1-2H3;2-5,8H,1H3;2-5H,1H3;2-4H,1H3/q;;;;;+1;;. The SMILES string of the molecule is Cc1cc[n+](O)cc1.Cc1ccc(C)nc1.Cc1ccnc(C)c1.Cc1ccncc1.Cc1ccncc1C.Cc1ccncc1C.Cc1cncc(C)c1.Cc1ncccn1. The molecular weight excluding hydrogens is 767 g/mol. The summed E-state index contributed by atoms with van der Waals surface area (Å²) >= 11 is 0.